The van der Waals surface area contributed by atoms with Crippen molar-refractivity contribution in [2.75, 3.05) is 0 Å². The van der Waals surface area contributed by atoms with Crippen molar-refractivity contribution in [3.8, 4) is 0 Å². The summed E-state index contributed by atoms with van der Waals surface area (Å²) in [5, 5.41) is 18.3. The molecular weight excluding hydrogens is 252 g/mol. The molecule has 0 aliphatic rings. The van der Waals surface area contributed by atoms with Crippen LogP contribution in [0.4, 0.5) is 0 Å². The van der Waals surface area contributed by atoms with E-state index in [2.05, 4.69) is 13.8 Å². The number of aliphatic carboxylic acids is 1. The number of hydrogen-bond donors (Lipinski definition) is 2. The zero-order valence-corrected chi connectivity index (χ0v) is 13.4. The van der Waals surface area contributed by atoms with Crippen LogP contribution in [0.5, 0.6) is 0 Å². The second kappa shape index (κ2) is 13.4. The van der Waals surface area contributed by atoms with Crippen molar-refractivity contribution in [2.24, 2.45) is 5.92 Å². The standard InChI is InChI=1S/C17H34O3/c1-3-15(2)16(18)13-11-9-7-5-4-6-8-10-12-14-17(19)20/h15-16,18H,3-14H2,1-2H3,(H,19,20). The Balaban J connectivity index is 3.15. The molecule has 0 rings (SSSR count). The van der Waals surface area contributed by atoms with Crippen LogP contribution in [-0.4, -0.2) is 22.3 Å². The summed E-state index contributed by atoms with van der Waals surface area (Å²) < 4.78 is 0. The van der Waals surface area contributed by atoms with Crippen molar-refractivity contribution in [3.05, 3.63) is 0 Å². The average Bonchev–Trinajstić information content (AvgIpc) is 2.43. The molecule has 2 atom stereocenters. The molecule has 3 heteroatoms. The lowest BCUT2D eigenvalue weighted by Gasteiger charge is -2.16. The molecule has 0 aliphatic heterocycles. The fourth-order valence-electron chi connectivity index (χ4n) is 2.42. The molecule has 0 fully saturated rings. The van der Waals surface area contributed by atoms with Gasteiger partial charge in [-0.05, 0) is 18.8 Å². The van der Waals surface area contributed by atoms with E-state index in [4.69, 9.17) is 5.11 Å². The second-order valence-electron chi connectivity index (χ2n) is 6.07. The van der Waals surface area contributed by atoms with E-state index >= 15 is 0 Å². The van der Waals surface area contributed by atoms with E-state index in [0.29, 0.717) is 12.3 Å². The summed E-state index contributed by atoms with van der Waals surface area (Å²) in [4.78, 5) is 10.3. The van der Waals surface area contributed by atoms with Gasteiger partial charge in [-0.15, -0.1) is 0 Å². The molecule has 0 saturated heterocycles. The first-order valence-electron chi connectivity index (χ1n) is 8.47. The minimum absolute atomic E-state index is 0.116. The molecule has 0 aromatic rings. The third-order valence-corrected chi connectivity index (χ3v) is 4.19. The molecule has 0 aromatic heterocycles. The summed E-state index contributed by atoms with van der Waals surface area (Å²) >= 11 is 0. The van der Waals surface area contributed by atoms with Crippen LogP contribution in [0.2, 0.25) is 0 Å². The van der Waals surface area contributed by atoms with Crippen LogP contribution in [0.25, 0.3) is 0 Å². The SMILES string of the molecule is CCC(C)C(O)CCCCCCCCCCCC(=O)O. The lowest BCUT2D eigenvalue weighted by molar-refractivity contribution is -0.137. The Morgan fingerprint density at radius 3 is 1.80 bits per heavy atom. The smallest absolute Gasteiger partial charge is 0.303 e. The minimum atomic E-state index is -0.676. The number of aliphatic hydroxyl groups excluding tert-OH is 1. The molecule has 0 bridgehead atoms. The van der Waals surface area contributed by atoms with Crippen molar-refractivity contribution in [1.82, 2.24) is 0 Å². The van der Waals surface area contributed by atoms with E-state index in [0.717, 1.165) is 32.1 Å². The third-order valence-electron chi connectivity index (χ3n) is 4.19. The van der Waals surface area contributed by atoms with E-state index in [1.54, 1.807) is 0 Å². The summed E-state index contributed by atoms with van der Waals surface area (Å²) in [5.41, 5.74) is 0. The van der Waals surface area contributed by atoms with Crippen molar-refractivity contribution < 1.29 is 15.0 Å². The Morgan fingerprint density at radius 2 is 1.35 bits per heavy atom. The van der Waals surface area contributed by atoms with Crippen molar-refractivity contribution >= 4 is 5.97 Å². The highest BCUT2D eigenvalue weighted by Crippen LogP contribution is 2.16. The maximum atomic E-state index is 10.3. The van der Waals surface area contributed by atoms with Gasteiger partial charge in [0.15, 0.2) is 0 Å². The van der Waals surface area contributed by atoms with Crippen LogP contribution >= 0.6 is 0 Å². The zero-order chi connectivity index (χ0) is 15.2. The van der Waals surface area contributed by atoms with Crippen molar-refractivity contribution in [1.29, 1.82) is 0 Å². The van der Waals surface area contributed by atoms with Gasteiger partial charge in [-0.1, -0.05) is 71.6 Å². The molecule has 0 aliphatic carbocycles. The van der Waals surface area contributed by atoms with Gasteiger partial charge >= 0.3 is 5.97 Å². The molecule has 0 spiro atoms. The number of aliphatic hydroxyl groups is 1. The molecular formula is C17H34O3. The number of rotatable bonds is 14. The van der Waals surface area contributed by atoms with E-state index in [1.807, 2.05) is 0 Å². The summed E-state index contributed by atoms with van der Waals surface area (Å²) in [6.07, 6.45) is 12.7. The third kappa shape index (κ3) is 12.5. The fourth-order valence-corrected chi connectivity index (χ4v) is 2.42. The quantitative estimate of drug-likeness (QED) is 0.452. The fraction of sp³-hybridized carbons (Fsp3) is 0.941. The zero-order valence-electron chi connectivity index (χ0n) is 13.4. The lowest BCUT2D eigenvalue weighted by Crippen LogP contribution is -2.16. The average molecular weight is 286 g/mol. The van der Waals surface area contributed by atoms with Crippen LogP contribution in [0.3, 0.4) is 0 Å². The lowest BCUT2D eigenvalue weighted by atomic mass is 9.96. The van der Waals surface area contributed by atoms with Gasteiger partial charge in [0.25, 0.3) is 0 Å². The Bertz CT molecular complexity index is 228. The maximum Gasteiger partial charge on any atom is 0.303 e. The van der Waals surface area contributed by atoms with Gasteiger partial charge < -0.3 is 10.2 Å². The van der Waals surface area contributed by atoms with Gasteiger partial charge in [-0.2, -0.15) is 0 Å². The Hall–Kier alpha value is -0.570. The molecule has 2 N–H and O–H groups in total. The highest BCUT2D eigenvalue weighted by molar-refractivity contribution is 5.66. The highest BCUT2D eigenvalue weighted by atomic mass is 16.4. The van der Waals surface area contributed by atoms with E-state index in [9.17, 15) is 9.90 Å². The number of hydrogen-bond acceptors (Lipinski definition) is 2. The minimum Gasteiger partial charge on any atom is -0.481 e. The van der Waals surface area contributed by atoms with Crippen molar-refractivity contribution in [3.63, 3.8) is 0 Å². The van der Waals surface area contributed by atoms with Crippen LogP contribution in [-0.2, 0) is 4.79 Å². The molecule has 3 nitrogen and oxygen atoms in total. The predicted octanol–water partition coefficient (Wildman–Crippen LogP) is 4.77. The summed E-state index contributed by atoms with van der Waals surface area (Å²) in [6, 6.07) is 0. The molecule has 0 radical (unpaired) electrons. The van der Waals surface area contributed by atoms with E-state index in [1.165, 1.54) is 38.5 Å². The molecule has 0 aromatic carbocycles. The second-order valence-corrected chi connectivity index (χ2v) is 6.07. The molecule has 20 heavy (non-hydrogen) atoms. The normalized spacial score (nSPS) is 14.2. The summed E-state index contributed by atoms with van der Waals surface area (Å²) in [5.74, 6) is -0.245. The predicted molar refractivity (Wildman–Crippen MR) is 83.9 cm³/mol. The Labute approximate surface area is 124 Å². The van der Waals surface area contributed by atoms with Gasteiger partial charge in [-0.25, -0.2) is 0 Å². The molecule has 2 unspecified atom stereocenters. The van der Waals surface area contributed by atoms with Gasteiger partial charge in [0.05, 0.1) is 6.10 Å². The van der Waals surface area contributed by atoms with Crippen LogP contribution < -0.4 is 0 Å². The largest absolute Gasteiger partial charge is 0.481 e. The topological polar surface area (TPSA) is 57.5 Å². The van der Waals surface area contributed by atoms with Crippen LogP contribution in [0.1, 0.15) is 90.9 Å². The first kappa shape index (κ1) is 19.4. The first-order chi connectivity index (χ1) is 9.57. The molecule has 0 heterocycles. The maximum absolute atomic E-state index is 10.3. The Kier molecular flexibility index (Phi) is 13.0. The van der Waals surface area contributed by atoms with Crippen LogP contribution in [0, 0.1) is 5.92 Å². The monoisotopic (exact) mass is 286 g/mol. The molecule has 0 saturated carbocycles. The molecule has 0 amide bonds. The van der Waals surface area contributed by atoms with Gasteiger partial charge in [0.2, 0.25) is 0 Å². The summed E-state index contributed by atoms with van der Waals surface area (Å²) in [6.45, 7) is 4.25. The van der Waals surface area contributed by atoms with E-state index in [-0.39, 0.29) is 6.10 Å². The number of carboxylic acid groups (broad SMARTS) is 1. The number of carbonyl (C=O) groups is 1. The van der Waals surface area contributed by atoms with Crippen LogP contribution in [0.15, 0.2) is 0 Å². The van der Waals surface area contributed by atoms with Gasteiger partial charge in [0.1, 0.15) is 0 Å². The van der Waals surface area contributed by atoms with Gasteiger partial charge in [-0.3, -0.25) is 4.79 Å². The Morgan fingerprint density at radius 1 is 0.900 bits per heavy atom. The van der Waals surface area contributed by atoms with E-state index < -0.39 is 5.97 Å². The van der Waals surface area contributed by atoms with Crippen molar-refractivity contribution in [2.45, 2.75) is 97.0 Å². The number of carboxylic acids is 1. The van der Waals surface area contributed by atoms with Gasteiger partial charge in [0, 0.05) is 6.42 Å². The highest BCUT2D eigenvalue weighted by Gasteiger charge is 2.10. The molecule has 120 valence electrons. The number of unbranched alkanes of at least 4 members (excludes halogenated alkanes) is 8. The summed E-state index contributed by atoms with van der Waals surface area (Å²) in [7, 11) is 0. The first-order valence-corrected chi connectivity index (χ1v) is 8.47.